The van der Waals surface area contributed by atoms with E-state index in [0.29, 0.717) is 12.2 Å². The van der Waals surface area contributed by atoms with Gasteiger partial charge >= 0.3 is 0 Å². The molecule has 21 heavy (non-hydrogen) atoms. The van der Waals surface area contributed by atoms with E-state index in [9.17, 15) is 4.79 Å². The van der Waals surface area contributed by atoms with E-state index in [2.05, 4.69) is 72.6 Å². The number of halogens is 2. The summed E-state index contributed by atoms with van der Waals surface area (Å²) in [5, 5.41) is 4.17. The SMILES string of the molecule is O=C(NCCc1c[nH]c2ccccc12)c1cc(I)c(I)[nH]1. The van der Waals surface area contributed by atoms with E-state index >= 15 is 0 Å². The average Bonchev–Trinajstić information content (AvgIpc) is 3.04. The molecule has 0 atom stereocenters. The highest BCUT2D eigenvalue weighted by molar-refractivity contribution is 14.1. The van der Waals surface area contributed by atoms with Gasteiger partial charge in [0.15, 0.2) is 0 Å². The Morgan fingerprint density at radius 2 is 2.05 bits per heavy atom. The summed E-state index contributed by atoms with van der Waals surface area (Å²) in [5.74, 6) is -0.0596. The first-order valence-corrected chi connectivity index (χ1v) is 8.68. The Morgan fingerprint density at radius 1 is 1.24 bits per heavy atom. The van der Waals surface area contributed by atoms with Crippen LogP contribution in [0.25, 0.3) is 10.9 Å². The first kappa shape index (κ1) is 14.9. The largest absolute Gasteiger partial charge is 0.361 e. The summed E-state index contributed by atoms with van der Waals surface area (Å²) in [4.78, 5) is 18.4. The Balaban J connectivity index is 1.62. The van der Waals surface area contributed by atoms with Crippen LogP contribution in [0.15, 0.2) is 36.5 Å². The Labute approximate surface area is 149 Å². The zero-order valence-electron chi connectivity index (χ0n) is 11.0. The van der Waals surface area contributed by atoms with E-state index in [1.54, 1.807) is 0 Å². The van der Waals surface area contributed by atoms with Gasteiger partial charge in [-0.1, -0.05) is 18.2 Å². The fourth-order valence-electron chi connectivity index (χ4n) is 2.27. The molecule has 0 aliphatic rings. The maximum Gasteiger partial charge on any atom is 0.267 e. The molecule has 0 fully saturated rings. The van der Waals surface area contributed by atoms with Crippen LogP contribution in [0.3, 0.4) is 0 Å². The molecule has 3 rings (SSSR count). The number of para-hydroxylation sites is 1. The summed E-state index contributed by atoms with van der Waals surface area (Å²) in [5.41, 5.74) is 2.97. The number of carbonyl (C=O) groups is 1. The summed E-state index contributed by atoms with van der Waals surface area (Å²) in [6.07, 6.45) is 2.82. The zero-order valence-corrected chi connectivity index (χ0v) is 15.4. The molecular formula is C15H13I2N3O. The number of hydrogen-bond donors (Lipinski definition) is 3. The highest BCUT2D eigenvalue weighted by atomic mass is 127. The number of H-pyrrole nitrogens is 2. The molecule has 0 saturated heterocycles. The Morgan fingerprint density at radius 3 is 2.81 bits per heavy atom. The van der Waals surface area contributed by atoms with Crippen molar-refractivity contribution in [2.24, 2.45) is 0 Å². The lowest BCUT2D eigenvalue weighted by Gasteiger charge is -2.03. The minimum atomic E-state index is -0.0596. The van der Waals surface area contributed by atoms with Gasteiger partial charge in [0.05, 0.1) is 3.70 Å². The molecule has 0 unspecified atom stereocenters. The number of hydrogen-bond acceptors (Lipinski definition) is 1. The monoisotopic (exact) mass is 505 g/mol. The first-order chi connectivity index (χ1) is 10.1. The molecule has 0 aliphatic heterocycles. The van der Waals surface area contributed by atoms with Gasteiger partial charge in [-0.3, -0.25) is 4.79 Å². The van der Waals surface area contributed by atoms with Crippen molar-refractivity contribution in [1.29, 1.82) is 0 Å². The van der Waals surface area contributed by atoms with Gasteiger partial charge in [-0.25, -0.2) is 0 Å². The number of amides is 1. The minimum absolute atomic E-state index is 0.0596. The molecule has 2 heterocycles. The molecule has 1 amide bonds. The van der Waals surface area contributed by atoms with Gasteiger partial charge in [0, 0.05) is 27.2 Å². The molecule has 2 aromatic heterocycles. The smallest absolute Gasteiger partial charge is 0.267 e. The number of carbonyl (C=O) groups excluding carboxylic acids is 1. The van der Waals surface area contributed by atoms with E-state index in [1.165, 1.54) is 10.9 Å². The molecule has 0 aliphatic carbocycles. The van der Waals surface area contributed by atoms with E-state index in [0.717, 1.165) is 19.2 Å². The first-order valence-electron chi connectivity index (χ1n) is 6.52. The third kappa shape index (κ3) is 3.25. The quantitative estimate of drug-likeness (QED) is 0.466. The van der Waals surface area contributed by atoms with Crippen molar-refractivity contribution in [2.75, 3.05) is 6.54 Å². The van der Waals surface area contributed by atoms with Crippen molar-refractivity contribution < 1.29 is 4.79 Å². The summed E-state index contributed by atoms with van der Waals surface area (Å²) >= 11 is 4.40. The van der Waals surface area contributed by atoms with Crippen LogP contribution < -0.4 is 5.32 Å². The second kappa shape index (κ2) is 6.39. The van der Waals surface area contributed by atoms with Crippen molar-refractivity contribution in [3.8, 4) is 0 Å². The predicted molar refractivity (Wildman–Crippen MR) is 101 cm³/mol. The highest BCUT2D eigenvalue weighted by Crippen LogP contribution is 2.18. The fraction of sp³-hybridized carbons (Fsp3) is 0.133. The number of fused-ring (bicyclic) bond motifs is 1. The van der Waals surface area contributed by atoms with Gasteiger partial charge in [0.25, 0.3) is 5.91 Å². The van der Waals surface area contributed by atoms with Crippen molar-refractivity contribution in [1.82, 2.24) is 15.3 Å². The van der Waals surface area contributed by atoms with Gasteiger partial charge in [-0.05, 0) is 69.3 Å². The summed E-state index contributed by atoms with van der Waals surface area (Å²) < 4.78 is 2.06. The molecule has 4 nitrogen and oxygen atoms in total. The number of aromatic amines is 2. The van der Waals surface area contributed by atoms with Crippen LogP contribution in [0.2, 0.25) is 0 Å². The minimum Gasteiger partial charge on any atom is -0.361 e. The molecule has 3 N–H and O–H groups in total. The lowest BCUT2D eigenvalue weighted by molar-refractivity contribution is 0.0949. The van der Waals surface area contributed by atoms with Crippen LogP contribution in [-0.2, 0) is 6.42 Å². The van der Waals surface area contributed by atoms with E-state index in [1.807, 2.05) is 24.4 Å². The van der Waals surface area contributed by atoms with Crippen molar-refractivity contribution in [2.45, 2.75) is 6.42 Å². The molecule has 108 valence electrons. The van der Waals surface area contributed by atoms with E-state index < -0.39 is 0 Å². The van der Waals surface area contributed by atoms with Gasteiger partial charge in [0.2, 0.25) is 0 Å². The number of benzene rings is 1. The van der Waals surface area contributed by atoms with Crippen molar-refractivity contribution >= 4 is 62.0 Å². The Hall–Kier alpha value is -1.03. The standard InChI is InChI=1S/C15H13I2N3O/c16-11-7-13(20-14(11)17)15(21)18-6-5-9-8-19-12-4-2-1-3-10(9)12/h1-4,7-8,19-20H,5-6H2,(H,18,21). The van der Waals surface area contributed by atoms with Crippen molar-refractivity contribution in [3.63, 3.8) is 0 Å². The van der Waals surface area contributed by atoms with Crippen LogP contribution in [0.4, 0.5) is 0 Å². The number of nitrogens with one attached hydrogen (secondary N) is 3. The topological polar surface area (TPSA) is 60.7 Å². The maximum absolute atomic E-state index is 12.0. The van der Waals surface area contributed by atoms with Crippen LogP contribution in [0, 0.1) is 7.27 Å². The second-order valence-corrected chi connectivity index (χ2v) is 6.95. The van der Waals surface area contributed by atoms with Crippen LogP contribution in [0.1, 0.15) is 16.1 Å². The number of aromatic nitrogens is 2. The average molecular weight is 505 g/mol. The number of rotatable bonds is 4. The third-order valence-corrected chi connectivity index (χ3v) is 6.06. The fourth-order valence-corrected chi connectivity index (χ4v) is 3.16. The van der Waals surface area contributed by atoms with Gasteiger partial charge in [0.1, 0.15) is 5.69 Å². The Bertz CT molecular complexity index is 772. The predicted octanol–water partition coefficient (Wildman–Crippen LogP) is 3.68. The second-order valence-electron chi connectivity index (χ2n) is 4.71. The Kier molecular flexibility index (Phi) is 4.53. The lowest BCUT2D eigenvalue weighted by Crippen LogP contribution is -2.25. The summed E-state index contributed by atoms with van der Waals surface area (Å²) in [7, 11) is 0. The van der Waals surface area contributed by atoms with Gasteiger partial charge in [-0.2, -0.15) is 0 Å². The van der Waals surface area contributed by atoms with Gasteiger partial charge in [-0.15, -0.1) is 0 Å². The van der Waals surface area contributed by atoms with E-state index in [-0.39, 0.29) is 5.91 Å². The van der Waals surface area contributed by atoms with Crippen LogP contribution >= 0.6 is 45.2 Å². The lowest BCUT2D eigenvalue weighted by atomic mass is 10.1. The summed E-state index contributed by atoms with van der Waals surface area (Å²) in [6, 6.07) is 10.1. The molecule has 0 spiro atoms. The molecule has 0 saturated carbocycles. The van der Waals surface area contributed by atoms with Crippen LogP contribution in [-0.4, -0.2) is 22.4 Å². The highest BCUT2D eigenvalue weighted by Gasteiger charge is 2.10. The summed E-state index contributed by atoms with van der Waals surface area (Å²) in [6.45, 7) is 0.618. The molecule has 3 aromatic rings. The molecule has 0 bridgehead atoms. The molecule has 0 radical (unpaired) electrons. The van der Waals surface area contributed by atoms with E-state index in [4.69, 9.17) is 0 Å². The molecule has 1 aromatic carbocycles. The molecular weight excluding hydrogens is 492 g/mol. The zero-order chi connectivity index (χ0) is 14.8. The molecule has 6 heteroatoms. The van der Waals surface area contributed by atoms with Crippen LogP contribution in [0.5, 0.6) is 0 Å². The van der Waals surface area contributed by atoms with Crippen molar-refractivity contribution in [3.05, 3.63) is 55.1 Å². The maximum atomic E-state index is 12.0. The van der Waals surface area contributed by atoms with Gasteiger partial charge < -0.3 is 15.3 Å². The normalized spacial score (nSPS) is 11.0. The third-order valence-electron chi connectivity index (χ3n) is 3.32.